The highest BCUT2D eigenvalue weighted by atomic mass is 16.5. The molecule has 19 heavy (non-hydrogen) atoms. The van der Waals surface area contributed by atoms with Crippen molar-refractivity contribution in [2.75, 3.05) is 5.73 Å². The lowest BCUT2D eigenvalue weighted by molar-refractivity contribution is 0.0474. The topological polar surface area (TPSA) is 52.3 Å². The molecule has 3 nitrogen and oxygen atoms in total. The standard InChI is InChI=1S/C16H17NO2/c1-11-7-8-13(9-12(11)2)10-19-16(18)14-5-3-4-6-15(14)17/h3-9H,10,17H2,1-2H3. The fourth-order valence-electron chi connectivity index (χ4n) is 1.80. The molecule has 0 aromatic heterocycles. The van der Waals surface area contributed by atoms with Crippen molar-refractivity contribution in [3.05, 3.63) is 64.7 Å². The Morgan fingerprint density at radius 2 is 1.84 bits per heavy atom. The van der Waals surface area contributed by atoms with Crippen LogP contribution < -0.4 is 5.73 Å². The van der Waals surface area contributed by atoms with E-state index in [0.29, 0.717) is 11.3 Å². The molecule has 2 N–H and O–H groups in total. The molecule has 0 radical (unpaired) electrons. The van der Waals surface area contributed by atoms with Gasteiger partial charge in [0.1, 0.15) is 6.61 Å². The largest absolute Gasteiger partial charge is 0.457 e. The Labute approximate surface area is 113 Å². The second kappa shape index (κ2) is 5.57. The van der Waals surface area contributed by atoms with E-state index in [1.807, 2.05) is 25.1 Å². The van der Waals surface area contributed by atoms with E-state index >= 15 is 0 Å². The van der Waals surface area contributed by atoms with E-state index in [2.05, 4.69) is 6.92 Å². The second-order valence-electron chi connectivity index (χ2n) is 4.58. The predicted molar refractivity (Wildman–Crippen MR) is 75.9 cm³/mol. The molecule has 0 heterocycles. The van der Waals surface area contributed by atoms with Crippen LogP contribution in [-0.2, 0) is 11.3 Å². The van der Waals surface area contributed by atoms with Gasteiger partial charge in [0.15, 0.2) is 0 Å². The van der Waals surface area contributed by atoms with E-state index in [4.69, 9.17) is 10.5 Å². The SMILES string of the molecule is Cc1ccc(COC(=O)c2ccccc2N)cc1C. The molecular weight excluding hydrogens is 238 g/mol. The number of hydrogen-bond donors (Lipinski definition) is 1. The molecule has 0 saturated heterocycles. The number of esters is 1. The van der Waals surface area contributed by atoms with Gasteiger partial charge in [-0.3, -0.25) is 0 Å². The fourth-order valence-corrected chi connectivity index (χ4v) is 1.80. The van der Waals surface area contributed by atoms with Crippen molar-refractivity contribution in [1.82, 2.24) is 0 Å². The first-order valence-corrected chi connectivity index (χ1v) is 6.15. The van der Waals surface area contributed by atoms with Gasteiger partial charge < -0.3 is 10.5 Å². The Hall–Kier alpha value is -2.29. The van der Waals surface area contributed by atoms with Gasteiger partial charge in [-0.15, -0.1) is 0 Å². The van der Waals surface area contributed by atoms with E-state index in [1.54, 1.807) is 24.3 Å². The lowest BCUT2D eigenvalue weighted by Crippen LogP contribution is -2.08. The summed E-state index contributed by atoms with van der Waals surface area (Å²) in [5, 5.41) is 0. The van der Waals surface area contributed by atoms with Crippen LogP contribution in [0.4, 0.5) is 5.69 Å². The highest BCUT2D eigenvalue weighted by Crippen LogP contribution is 2.14. The molecule has 0 spiro atoms. The summed E-state index contributed by atoms with van der Waals surface area (Å²) in [6.07, 6.45) is 0. The molecule has 2 aromatic rings. The normalized spacial score (nSPS) is 10.2. The Morgan fingerprint density at radius 3 is 2.53 bits per heavy atom. The van der Waals surface area contributed by atoms with Gasteiger partial charge >= 0.3 is 5.97 Å². The summed E-state index contributed by atoms with van der Waals surface area (Å²) in [6.45, 7) is 4.35. The Morgan fingerprint density at radius 1 is 1.11 bits per heavy atom. The number of aryl methyl sites for hydroxylation is 2. The van der Waals surface area contributed by atoms with Crippen molar-refractivity contribution in [3.8, 4) is 0 Å². The van der Waals surface area contributed by atoms with Gasteiger partial charge in [-0.05, 0) is 42.7 Å². The highest BCUT2D eigenvalue weighted by Gasteiger charge is 2.10. The summed E-state index contributed by atoms with van der Waals surface area (Å²) < 4.78 is 5.27. The molecule has 0 atom stereocenters. The zero-order valence-corrected chi connectivity index (χ0v) is 11.1. The number of para-hydroxylation sites is 1. The van der Waals surface area contributed by atoms with Crippen LogP contribution in [0, 0.1) is 13.8 Å². The number of carbonyl (C=O) groups is 1. The van der Waals surface area contributed by atoms with Crippen LogP contribution in [0.2, 0.25) is 0 Å². The van der Waals surface area contributed by atoms with E-state index in [-0.39, 0.29) is 6.61 Å². The summed E-state index contributed by atoms with van der Waals surface area (Å²) >= 11 is 0. The van der Waals surface area contributed by atoms with E-state index < -0.39 is 5.97 Å². The van der Waals surface area contributed by atoms with Gasteiger partial charge in [-0.2, -0.15) is 0 Å². The first-order valence-electron chi connectivity index (χ1n) is 6.15. The minimum atomic E-state index is -0.392. The summed E-state index contributed by atoms with van der Waals surface area (Å²) in [5.41, 5.74) is 9.97. The van der Waals surface area contributed by atoms with Gasteiger partial charge in [0, 0.05) is 5.69 Å². The Bertz CT molecular complexity index is 605. The number of benzene rings is 2. The van der Waals surface area contributed by atoms with Crippen LogP contribution in [-0.4, -0.2) is 5.97 Å². The second-order valence-corrected chi connectivity index (χ2v) is 4.58. The van der Waals surface area contributed by atoms with Crippen molar-refractivity contribution in [1.29, 1.82) is 0 Å². The zero-order chi connectivity index (χ0) is 13.8. The third-order valence-electron chi connectivity index (χ3n) is 3.12. The van der Waals surface area contributed by atoms with Crippen LogP contribution in [0.1, 0.15) is 27.0 Å². The molecule has 2 aromatic carbocycles. The average Bonchev–Trinajstić information content (AvgIpc) is 2.40. The number of anilines is 1. The molecule has 0 saturated carbocycles. The summed E-state index contributed by atoms with van der Waals surface area (Å²) in [6, 6.07) is 12.9. The third kappa shape index (κ3) is 3.13. The lowest BCUT2D eigenvalue weighted by atomic mass is 10.1. The monoisotopic (exact) mass is 255 g/mol. The van der Waals surface area contributed by atoms with Crippen molar-refractivity contribution < 1.29 is 9.53 Å². The predicted octanol–water partition coefficient (Wildman–Crippen LogP) is 3.24. The molecule has 0 aliphatic carbocycles. The van der Waals surface area contributed by atoms with Gasteiger partial charge in [-0.25, -0.2) is 4.79 Å². The Kier molecular flexibility index (Phi) is 3.85. The summed E-state index contributed by atoms with van der Waals surface area (Å²) in [7, 11) is 0. The average molecular weight is 255 g/mol. The first kappa shape index (κ1) is 13.1. The van der Waals surface area contributed by atoms with Crippen molar-refractivity contribution in [2.24, 2.45) is 0 Å². The van der Waals surface area contributed by atoms with Crippen LogP contribution in [0.3, 0.4) is 0 Å². The van der Waals surface area contributed by atoms with Crippen LogP contribution in [0.15, 0.2) is 42.5 Å². The fraction of sp³-hybridized carbons (Fsp3) is 0.188. The maximum absolute atomic E-state index is 11.9. The molecule has 0 amide bonds. The molecule has 0 aliphatic heterocycles. The molecule has 98 valence electrons. The van der Waals surface area contributed by atoms with E-state index in [0.717, 1.165) is 5.56 Å². The van der Waals surface area contributed by atoms with Gasteiger partial charge in [0.25, 0.3) is 0 Å². The highest BCUT2D eigenvalue weighted by molar-refractivity contribution is 5.94. The summed E-state index contributed by atoms with van der Waals surface area (Å²) in [5.74, 6) is -0.392. The van der Waals surface area contributed by atoms with Crippen LogP contribution in [0.25, 0.3) is 0 Å². The van der Waals surface area contributed by atoms with Crippen LogP contribution in [0.5, 0.6) is 0 Å². The summed E-state index contributed by atoms with van der Waals surface area (Å²) in [4.78, 5) is 11.9. The number of ether oxygens (including phenoxy) is 1. The molecule has 0 fully saturated rings. The number of hydrogen-bond acceptors (Lipinski definition) is 3. The van der Waals surface area contributed by atoms with E-state index in [9.17, 15) is 4.79 Å². The molecule has 0 unspecified atom stereocenters. The number of nitrogens with two attached hydrogens (primary N) is 1. The van der Waals surface area contributed by atoms with Crippen molar-refractivity contribution in [2.45, 2.75) is 20.5 Å². The zero-order valence-electron chi connectivity index (χ0n) is 11.1. The molecule has 0 bridgehead atoms. The molecule has 0 aliphatic rings. The quantitative estimate of drug-likeness (QED) is 0.676. The van der Waals surface area contributed by atoms with Crippen molar-refractivity contribution in [3.63, 3.8) is 0 Å². The number of rotatable bonds is 3. The van der Waals surface area contributed by atoms with Crippen LogP contribution >= 0.6 is 0 Å². The molecule has 3 heteroatoms. The third-order valence-corrected chi connectivity index (χ3v) is 3.12. The maximum atomic E-state index is 11.9. The van der Waals surface area contributed by atoms with Crippen molar-refractivity contribution >= 4 is 11.7 Å². The number of nitrogen functional groups attached to an aromatic ring is 1. The Balaban J connectivity index is 2.04. The lowest BCUT2D eigenvalue weighted by Gasteiger charge is -2.08. The van der Waals surface area contributed by atoms with E-state index in [1.165, 1.54) is 11.1 Å². The van der Waals surface area contributed by atoms with Gasteiger partial charge in [0.2, 0.25) is 0 Å². The minimum Gasteiger partial charge on any atom is -0.457 e. The van der Waals surface area contributed by atoms with Gasteiger partial charge in [-0.1, -0.05) is 30.3 Å². The number of carbonyl (C=O) groups excluding carboxylic acids is 1. The first-order chi connectivity index (χ1) is 9.08. The molecular formula is C16H17NO2. The minimum absolute atomic E-state index is 0.258. The molecule has 2 rings (SSSR count). The smallest absolute Gasteiger partial charge is 0.340 e. The van der Waals surface area contributed by atoms with Gasteiger partial charge in [0.05, 0.1) is 5.56 Å². The maximum Gasteiger partial charge on any atom is 0.340 e.